The maximum atomic E-state index is 11.5. The molecule has 0 spiro atoms. The lowest BCUT2D eigenvalue weighted by Crippen LogP contribution is -2.33. The summed E-state index contributed by atoms with van der Waals surface area (Å²) in [5.41, 5.74) is 1.95. The van der Waals surface area contributed by atoms with Gasteiger partial charge in [0.2, 0.25) is 0 Å². The molecule has 2 N–H and O–H groups in total. The Morgan fingerprint density at radius 1 is 0.857 bits per heavy atom. The van der Waals surface area contributed by atoms with Crippen LogP contribution in [0.5, 0.6) is 0 Å². The van der Waals surface area contributed by atoms with E-state index in [1.807, 2.05) is 20.8 Å². The standard InChI is InChI=1S/C26H45Cl2N3O4/c1-26(2,3)35-25(32)30-15-7-21-34-19-5-4-18-33-20-6-14-29-22-23-8-10-24(11-9-23)31(16-12-27)17-13-28/h8-11,29H,4-7,12-22H2,1-3H3,(H,30,32). The molecule has 0 radical (unpaired) electrons. The van der Waals surface area contributed by atoms with Crippen molar-refractivity contribution >= 4 is 35.0 Å². The lowest BCUT2D eigenvalue weighted by molar-refractivity contribution is 0.0518. The third kappa shape index (κ3) is 17.8. The molecule has 0 saturated carbocycles. The molecule has 0 saturated heterocycles. The molecule has 0 aromatic heterocycles. The van der Waals surface area contributed by atoms with Crippen molar-refractivity contribution in [3.63, 3.8) is 0 Å². The van der Waals surface area contributed by atoms with E-state index in [9.17, 15) is 4.79 Å². The Hall–Kier alpha value is -1.25. The number of carbonyl (C=O) groups is 1. The van der Waals surface area contributed by atoms with E-state index in [1.165, 1.54) is 5.56 Å². The highest BCUT2D eigenvalue weighted by Gasteiger charge is 2.15. The molecule has 0 aliphatic carbocycles. The molecule has 0 bridgehead atoms. The molecule has 1 aromatic rings. The van der Waals surface area contributed by atoms with Crippen LogP contribution >= 0.6 is 23.2 Å². The van der Waals surface area contributed by atoms with E-state index in [1.54, 1.807) is 0 Å². The van der Waals surface area contributed by atoms with E-state index in [0.29, 0.717) is 31.5 Å². The first kappa shape index (κ1) is 31.8. The number of ether oxygens (including phenoxy) is 3. The normalized spacial score (nSPS) is 11.5. The number of hydrogen-bond acceptors (Lipinski definition) is 6. The smallest absolute Gasteiger partial charge is 0.407 e. The fourth-order valence-electron chi connectivity index (χ4n) is 3.22. The van der Waals surface area contributed by atoms with Gasteiger partial charge in [0.1, 0.15) is 5.60 Å². The minimum Gasteiger partial charge on any atom is -0.444 e. The summed E-state index contributed by atoms with van der Waals surface area (Å²) in [6.45, 7) is 12.3. The van der Waals surface area contributed by atoms with Crippen LogP contribution in [0.15, 0.2) is 24.3 Å². The summed E-state index contributed by atoms with van der Waals surface area (Å²) in [4.78, 5) is 13.7. The van der Waals surface area contributed by atoms with Gasteiger partial charge < -0.3 is 29.7 Å². The predicted octanol–water partition coefficient (Wildman–Crippen LogP) is 5.18. The van der Waals surface area contributed by atoms with Crippen molar-refractivity contribution < 1.29 is 19.0 Å². The van der Waals surface area contributed by atoms with E-state index in [4.69, 9.17) is 37.4 Å². The quantitative estimate of drug-likeness (QED) is 0.178. The zero-order valence-electron chi connectivity index (χ0n) is 21.8. The van der Waals surface area contributed by atoms with Gasteiger partial charge in [-0.1, -0.05) is 12.1 Å². The van der Waals surface area contributed by atoms with Gasteiger partial charge in [-0.25, -0.2) is 4.79 Å². The molecule has 0 aliphatic rings. The second-order valence-electron chi connectivity index (χ2n) is 9.28. The molecule has 202 valence electrons. The summed E-state index contributed by atoms with van der Waals surface area (Å²) >= 11 is 11.8. The molecule has 0 fully saturated rings. The lowest BCUT2D eigenvalue weighted by atomic mass is 10.2. The van der Waals surface area contributed by atoms with Gasteiger partial charge in [0, 0.05) is 70.1 Å². The van der Waals surface area contributed by atoms with Crippen molar-refractivity contribution in [3.8, 4) is 0 Å². The SMILES string of the molecule is CC(C)(C)OC(=O)NCCCOCCCCOCCCNCc1ccc(N(CCCl)CCCl)cc1. The number of hydrogen-bond donors (Lipinski definition) is 2. The van der Waals surface area contributed by atoms with Gasteiger partial charge in [-0.3, -0.25) is 0 Å². The van der Waals surface area contributed by atoms with Gasteiger partial charge in [0.25, 0.3) is 0 Å². The van der Waals surface area contributed by atoms with Gasteiger partial charge in [-0.15, -0.1) is 23.2 Å². The highest BCUT2D eigenvalue weighted by Crippen LogP contribution is 2.15. The lowest BCUT2D eigenvalue weighted by Gasteiger charge is -2.23. The van der Waals surface area contributed by atoms with Crippen LogP contribution in [0.2, 0.25) is 0 Å². The van der Waals surface area contributed by atoms with Crippen LogP contribution < -0.4 is 15.5 Å². The largest absolute Gasteiger partial charge is 0.444 e. The van der Waals surface area contributed by atoms with Crippen molar-refractivity contribution in [2.75, 3.05) is 69.3 Å². The van der Waals surface area contributed by atoms with E-state index >= 15 is 0 Å². The molecular formula is C26H45Cl2N3O4. The maximum Gasteiger partial charge on any atom is 0.407 e. The average Bonchev–Trinajstić information content (AvgIpc) is 2.80. The summed E-state index contributed by atoms with van der Waals surface area (Å²) in [5, 5.41) is 6.19. The average molecular weight is 535 g/mol. The Kier molecular flexibility index (Phi) is 18.1. The number of carbonyl (C=O) groups excluding carboxylic acids is 1. The van der Waals surface area contributed by atoms with Crippen molar-refractivity contribution in [1.29, 1.82) is 0 Å². The minimum absolute atomic E-state index is 0.382. The molecule has 1 aromatic carbocycles. The molecule has 0 unspecified atom stereocenters. The van der Waals surface area contributed by atoms with E-state index in [0.717, 1.165) is 70.8 Å². The highest BCUT2D eigenvalue weighted by molar-refractivity contribution is 6.18. The zero-order chi connectivity index (χ0) is 25.8. The second kappa shape index (κ2) is 19.9. The first-order chi connectivity index (χ1) is 16.9. The van der Waals surface area contributed by atoms with Crippen LogP contribution in [0.25, 0.3) is 0 Å². The minimum atomic E-state index is -0.468. The fraction of sp³-hybridized carbons (Fsp3) is 0.731. The van der Waals surface area contributed by atoms with E-state index in [-0.39, 0.29) is 6.09 Å². The molecular weight excluding hydrogens is 489 g/mol. The van der Waals surface area contributed by atoms with Crippen LogP contribution in [-0.2, 0) is 20.8 Å². The number of anilines is 1. The Bertz CT molecular complexity index is 651. The summed E-state index contributed by atoms with van der Waals surface area (Å²) < 4.78 is 16.5. The Labute approximate surface area is 222 Å². The molecule has 9 heteroatoms. The molecule has 0 atom stereocenters. The molecule has 1 amide bonds. The summed E-state index contributed by atoms with van der Waals surface area (Å²) in [6, 6.07) is 8.55. The van der Waals surface area contributed by atoms with Gasteiger partial charge in [0.05, 0.1) is 0 Å². The zero-order valence-corrected chi connectivity index (χ0v) is 23.3. The summed E-state index contributed by atoms with van der Waals surface area (Å²) in [7, 11) is 0. The summed E-state index contributed by atoms with van der Waals surface area (Å²) in [5.74, 6) is 1.18. The molecule has 0 aliphatic heterocycles. The van der Waals surface area contributed by atoms with Gasteiger partial charge in [-0.05, 0) is 70.7 Å². The Morgan fingerprint density at radius 3 is 1.94 bits per heavy atom. The summed E-state index contributed by atoms with van der Waals surface area (Å²) in [6.07, 6.45) is 3.33. The monoisotopic (exact) mass is 533 g/mol. The Morgan fingerprint density at radius 2 is 1.40 bits per heavy atom. The van der Waals surface area contributed by atoms with Crippen molar-refractivity contribution in [2.45, 2.75) is 58.6 Å². The first-order valence-electron chi connectivity index (χ1n) is 12.6. The topological polar surface area (TPSA) is 72.1 Å². The number of alkyl carbamates (subject to hydrolysis) is 1. The van der Waals surface area contributed by atoms with Crippen molar-refractivity contribution in [1.82, 2.24) is 10.6 Å². The van der Waals surface area contributed by atoms with Crippen LogP contribution in [-0.4, -0.2) is 76.1 Å². The third-order valence-electron chi connectivity index (χ3n) is 4.94. The number of halogens is 2. The number of nitrogens with zero attached hydrogens (tertiary/aromatic N) is 1. The number of unbranched alkanes of at least 4 members (excludes halogenated alkanes) is 1. The number of alkyl halides is 2. The fourth-order valence-corrected chi connectivity index (χ4v) is 3.63. The third-order valence-corrected chi connectivity index (χ3v) is 5.28. The molecule has 0 heterocycles. The van der Waals surface area contributed by atoms with Crippen LogP contribution in [0.1, 0.15) is 52.0 Å². The number of benzene rings is 1. The highest BCUT2D eigenvalue weighted by atomic mass is 35.5. The molecule has 1 rings (SSSR count). The maximum absolute atomic E-state index is 11.5. The first-order valence-corrected chi connectivity index (χ1v) is 13.7. The molecule has 35 heavy (non-hydrogen) atoms. The molecule has 7 nitrogen and oxygen atoms in total. The number of rotatable bonds is 20. The van der Waals surface area contributed by atoms with Crippen molar-refractivity contribution in [2.24, 2.45) is 0 Å². The van der Waals surface area contributed by atoms with Gasteiger partial charge in [0.15, 0.2) is 0 Å². The predicted molar refractivity (Wildman–Crippen MR) is 146 cm³/mol. The van der Waals surface area contributed by atoms with Crippen molar-refractivity contribution in [3.05, 3.63) is 29.8 Å². The number of amides is 1. The second-order valence-corrected chi connectivity index (χ2v) is 10.0. The van der Waals surface area contributed by atoms with E-state index in [2.05, 4.69) is 39.8 Å². The van der Waals surface area contributed by atoms with Crippen LogP contribution in [0.3, 0.4) is 0 Å². The van der Waals surface area contributed by atoms with Gasteiger partial charge >= 0.3 is 6.09 Å². The van der Waals surface area contributed by atoms with Crippen LogP contribution in [0, 0.1) is 0 Å². The van der Waals surface area contributed by atoms with E-state index < -0.39 is 5.60 Å². The number of nitrogens with one attached hydrogen (secondary N) is 2. The Balaban J connectivity index is 1.91. The van der Waals surface area contributed by atoms with Crippen LogP contribution in [0.4, 0.5) is 10.5 Å². The van der Waals surface area contributed by atoms with Gasteiger partial charge in [-0.2, -0.15) is 0 Å².